The highest BCUT2D eigenvalue weighted by molar-refractivity contribution is 7.09. The maximum Gasteiger partial charge on any atom is 0.251 e. The number of fused-ring (bicyclic) bond motifs is 1. The summed E-state index contributed by atoms with van der Waals surface area (Å²) in [4.78, 5) is 20.0. The summed E-state index contributed by atoms with van der Waals surface area (Å²) < 4.78 is 5.72. The van der Waals surface area contributed by atoms with Crippen LogP contribution in [0.1, 0.15) is 26.6 Å². The van der Waals surface area contributed by atoms with Crippen molar-refractivity contribution in [1.29, 1.82) is 0 Å². The van der Waals surface area contributed by atoms with Gasteiger partial charge in [-0.3, -0.25) is 4.79 Å². The molecule has 0 saturated carbocycles. The molecular weight excluding hydrogens is 370 g/mol. The zero-order valence-electron chi connectivity index (χ0n) is 15.6. The van der Waals surface area contributed by atoms with E-state index in [0.717, 1.165) is 28.4 Å². The number of H-pyrrole nitrogens is 1. The molecule has 0 aliphatic rings. The predicted octanol–water partition coefficient (Wildman–Crippen LogP) is 4.48. The number of aromatic amines is 1. The molecule has 28 heavy (non-hydrogen) atoms. The van der Waals surface area contributed by atoms with E-state index < -0.39 is 0 Å². The number of nitrogens with one attached hydrogen (secondary N) is 2. The first-order chi connectivity index (χ1) is 13.7. The number of hydrogen-bond acceptors (Lipinski definition) is 4. The maximum absolute atomic E-state index is 12.4. The number of hydrogen-bond donors (Lipinski definition) is 2. The number of ether oxygens (including phenoxy) is 1. The van der Waals surface area contributed by atoms with E-state index in [1.807, 2.05) is 42.8 Å². The van der Waals surface area contributed by atoms with E-state index >= 15 is 0 Å². The molecule has 2 aromatic carbocycles. The molecule has 0 radical (unpaired) electrons. The fourth-order valence-corrected chi connectivity index (χ4v) is 3.68. The molecule has 6 heteroatoms. The molecule has 4 aromatic rings. The molecule has 0 atom stereocenters. The van der Waals surface area contributed by atoms with Crippen molar-refractivity contribution >= 4 is 28.1 Å². The molecule has 4 rings (SSSR count). The van der Waals surface area contributed by atoms with E-state index in [0.29, 0.717) is 18.7 Å². The summed E-state index contributed by atoms with van der Waals surface area (Å²) in [6, 6.07) is 15.4. The summed E-state index contributed by atoms with van der Waals surface area (Å²) >= 11 is 1.61. The molecule has 0 fully saturated rings. The fraction of sp³-hybridized carbons (Fsp3) is 0.182. The van der Waals surface area contributed by atoms with Crippen molar-refractivity contribution in [3.05, 3.63) is 81.9 Å². The third-order valence-corrected chi connectivity index (χ3v) is 5.35. The predicted molar refractivity (Wildman–Crippen MR) is 112 cm³/mol. The number of aryl methyl sites for hydroxylation is 1. The Hall–Kier alpha value is -3.12. The number of aromatic nitrogens is 2. The summed E-state index contributed by atoms with van der Waals surface area (Å²) in [5, 5.41) is 7.20. The molecule has 2 N–H and O–H groups in total. The molecule has 0 aliphatic heterocycles. The van der Waals surface area contributed by atoms with Gasteiger partial charge in [0.25, 0.3) is 5.91 Å². The minimum absolute atomic E-state index is 0.0819. The lowest BCUT2D eigenvalue weighted by molar-refractivity contribution is 0.0954. The summed E-state index contributed by atoms with van der Waals surface area (Å²) in [5.74, 6) is 0.641. The number of carbonyl (C=O) groups excluding carboxylic acids is 1. The van der Waals surface area contributed by atoms with Crippen molar-refractivity contribution in [2.45, 2.75) is 20.0 Å². The van der Waals surface area contributed by atoms with Crippen LogP contribution in [0.25, 0.3) is 10.9 Å². The van der Waals surface area contributed by atoms with Crippen LogP contribution in [0.15, 0.2) is 60.1 Å². The fourth-order valence-electron chi connectivity index (χ4n) is 3.09. The van der Waals surface area contributed by atoms with Gasteiger partial charge in [0.1, 0.15) is 12.4 Å². The lowest BCUT2D eigenvalue weighted by Gasteiger charge is -2.07. The highest BCUT2D eigenvalue weighted by atomic mass is 32.1. The van der Waals surface area contributed by atoms with Crippen molar-refractivity contribution in [1.82, 2.24) is 15.3 Å². The Balaban J connectivity index is 1.28. The van der Waals surface area contributed by atoms with Crippen LogP contribution < -0.4 is 10.1 Å². The molecule has 0 unspecified atom stereocenters. The van der Waals surface area contributed by atoms with E-state index in [2.05, 4.69) is 27.4 Å². The average molecular weight is 391 g/mol. The van der Waals surface area contributed by atoms with E-state index in [1.54, 1.807) is 23.5 Å². The van der Waals surface area contributed by atoms with E-state index in [9.17, 15) is 4.79 Å². The van der Waals surface area contributed by atoms with Gasteiger partial charge >= 0.3 is 0 Å². The second kappa shape index (κ2) is 8.27. The van der Waals surface area contributed by atoms with Crippen LogP contribution in [-0.2, 0) is 13.0 Å². The van der Waals surface area contributed by atoms with Crippen LogP contribution in [0, 0.1) is 6.92 Å². The van der Waals surface area contributed by atoms with Gasteiger partial charge in [-0.05, 0) is 49.2 Å². The van der Waals surface area contributed by atoms with Crippen LogP contribution in [-0.4, -0.2) is 22.4 Å². The first-order valence-electron chi connectivity index (χ1n) is 9.16. The molecule has 142 valence electrons. The highest BCUT2D eigenvalue weighted by Gasteiger charge is 2.07. The molecule has 0 spiro atoms. The molecular formula is C22H21N3O2S. The minimum Gasteiger partial charge on any atom is -0.487 e. The highest BCUT2D eigenvalue weighted by Crippen LogP contribution is 2.18. The monoisotopic (exact) mass is 391 g/mol. The first-order valence-corrected chi connectivity index (χ1v) is 10.0. The van der Waals surface area contributed by atoms with Gasteiger partial charge in [-0.2, -0.15) is 0 Å². The van der Waals surface area contributed by atoms with Gasteiger partial charge in [-0.25, -0.2) is 4.98 Å². The van der Waals surface area contributed by atoms with Crippen molar-refractivity contribution in [3.63, 3.8) is 0 Å². The lowest BCUT2D eigenvalue weighted by Crippen LogP contribution is -2.25. The van der Waals surface area contributed by atoms with Gasteiger partial charge in [0.15, 0.2) is 0 Å². The molecule has 0 saturated heterocycles. The standard InChI is InChI=1S/C22H21N3O2S/c1-15-25-18(14-28-15)13-27-19-8-6-16(7-9-19)22(26)23-11-10-17-12-24-21-5-3-2-4-20(17)21/h2-9,12,14,24H,10-11,13H2,1H3,(H,23,26). The third-order valence-electron chi connectivity index (χ3n) is 4.52. The van der Waals surface area contributed by atoms with E-state index in [4.69, 9.17) is 4.74 Å². The molecule has 2 heterocycles. The second-order valence-electron chi connectivity index (χ2n) is 6.54. The Morgan fingerprint density at radius 2 is 2.00 bits per heavy atom. The van der Waals surface area contributed by atoms with Crippen LogP contribution >= 0.6 is 11.3 Å². The summed E-state index contributed by atoms with van der Waals surface area (Å²) in [5.41, 5.74) is 3.86. The van der Waals surface area contributed by atoms with Gasteiger partial charge in [0.2, 0.25) is 0 Å². The molecule has 5 nitrogen and oxygen atoms in total. The normalized spacial score (nSPS) is 10.9. The van der Waals surface area contributed by atoms with Crippen LogP contribution in [0.5, 0.6) is 5.75 Å². The summed E-state index contributed by atoms with van der Waals surface area (Å²) in [7, 11) is 0. The van der Waals surface area contributed by atoms with Crippen LogP contribution in [0.4, 0.5) is 0 Å². The zero-order valence-corrected chi connectivity index (χ0v) is 16.4. The van der Waals surface area contributed by atoms with Crippen LogP contribution in [0.2, 0.25) is 0 Å². The number of benzene rings is 2. The van der Waals surface area contributed by atoms with Gasteiger partial charge in [-0.1, -0.05) is 18.2 Å². The van der Waals surface area contributed by atoms with Crippen molar-refractivity contribution in [2.24, 2.45) is 0 Å². The maximum atomic E-state index is 12.4. The molecule has 0 aliphatic carbocycles. The summed E-state index contributed by atoms with van der Waals surface area (Å²) in [6.45, 7) is 2.99. The van der Waals surface area contributed by atoms with Gasteiger partial charge in [0.05, 0.1) is 10.7 Å². The Kier molecular flexibility index (Phi) is 5.39. The largest absolute Gasteiger partial charge is 0.487 e. The zero-order chi connectivity index (χ0) is 19.3. The Morgan fingerprint density at radius 3 is 2.79 bits per heavy atom. The molecule has 1 amide bonds. The number of amides is 1. The number of rotatable bonds is 7. The smallest absolute Gasteiger partial charge is 0.251 e. The SMILES string of the molecule is Cc1nc(COc2ccc(C(=O)NCCc3c[nH]c4ccccc34)cc2)cs1. The minimum atomic E-state index is -0.0819. The van der Waals surface area contributed by atoms with Crippen molar-refractivity contribution in [2.75, 3.05) is 6.54 Å². The number of nitrogens with zero attached hydrogens (tertiary/aromatic N) is 1. The van der Waals surface area contributed by atoms with Crippen LogP contribution in [0.3, 0.4) is 0 Å². The second-order valence-corrected chi connectivity index (χ2v) is 7.60. The Morgan fingerprint density at radius 1 is 1.18 bits per heavy atom. The third kappa shape index (κ3) is 4.23. The van der Waals surface area contributed by atoms with Crippen molar-refractivity contribution < 1.29 is 9.53 Å². The first kappa shape index (κ1) is 18.3. The van der Waals surface area contributed by atoms with Gasteiger partial charge in [-0.15, -0.1) is 11.3 Å². The Labute approximate surface area is 167 Å². The number of para-hydroxylation sites is 1. The average Bonchev–Trinajstić information content (AvgIpc) is 3.33. The molecule has 2 aromatic heterocycles. The van der Waals surface area contributed by atoms with Crippen molar-refractivity contribution in [3.8, 4) is 5.75 Å². The van der Waals surface area contributed by atoms with E-state index in [1.165, 1.54) is 10.9 Å². The number of thiazole rings is 1. The van der Waals surface area contributed by atoms with E-state index in [-0.39, 0.29) is 5.91 Å². The lowest BCUT2D eigenvalue weighted by atomic mass is 10.1. The van der Waals surface area contributed by atoms with Gasteiger partial charge < -0.3 is 15.0 Å². The number of carbonyl (C=O) groups is 1. The van der Waals surface area contributed by atoms with Gasteiger partial charge in [0, 0.05) is 34.6 Å². The summed E-state index contributed by atoms with van der Waals surface area (Å²) in [6.07, 6.45) is 2.79. The quantitative estimate of drug-likeness (QED) is 0.488. The topological polar surface area (TPSA) is 67.0 Å². The molecule has 0 bridgehead atoms. The Bertz CT molecular complexity index is 1080.